The molecule has 0 aliphatic heterocycles. The van der Waals surface area contributed by atoms with Crippen LogP contribution in [-0.4, -0.2) is 16.3 Å². The SMILES string of the molecule is C[C@@H](O)[C@@H](N)c1cc(F)ccc1O.Cl. The topological polar surface area (TPSA) is 66.5 Å². The summed E-state index contributed by atoms with van der Waals surface area (Å²) in [5.74, 6) is -0.585. The van der Waals surface area contributed by atoms with Gasteiger partial charge in [-0.25, -0.2) is 4.39 Å². The molecule has 0 aliphatic carbocycles. The van der Waals surface area contributed by atoms with E-state index in [0.29, 0.717) is 0 Å². The van der Waals surface area contributed by atoms with Gasteiger partial charge < -0.3 is 15.9 Å². The summed E-state index contributed by atoms with van der Waals surface area (Å²) < 4.78 is 12.7. The molecule has 2 atom stereocenters. The van der Waals surface area contributed by atoms with E-state index in [-0.39, 0.29) is 23.7 Å². The Morgan fingerprint density at radius 2 is 2.00 bits per heavy atom. The van der Waals surface area contributed by atoms with Crippen molar-refractivity contribution in [1.82, 2.24) is 0 Å². The summed E-state index contributed by atoms with van der Waals surface area (Å²) in [7, 11) is 0. The van der Waals surface area contributed by atoms with E-state index in [1.165, 1.54) is 13.0 Å². The molecule has 5 heteroatoms. The zero-order valence-corrected chi connectivity index (χ0v) is 8.46. The van der Waals surface area contributed by atoms with Gasteiger partial charge in [0.15, 0.2) is 0 Å². The minimum Gasteiger partial charge on any atom is -0.508 e. The van der Waals surface area contributed by atoms with E-state index in [4.69, 9.17) is 10.8 Å². The van der Waals surface area contributed by atoms with E-state index in [0.717, 1.165) is 12.1 Å². The van der Waals surface area contributed by atoms with Crippen molar-refractivity contribution in [2.75, 3.05) is 0 Å². The maximum Gasteiger partial charge on any atom is 0.123 e. The highest BCUT2D eigenvalue weighted by Gasteiger charge is 2.16. The van der Waals surface area contributed by atoms with E-state index in [2.05, 4.69) is 0 Å². The van der Waals surface area contributed by atoms with Crippen molar-refractivity contribution in [2.45, 2.75) is 19.1 Å². The number of benzene rings is 1. The lowest BCUT2D eigenvalue weighted by molar-refractivity contribution is 0.162. The van der Waals surface area contributed by atoms with Gasteiger partial charge >= 0.3 is 0 Å². The van der Waals surface area contributed by atoms with Crippen molar-refractivity contribution in [3.63, 3.8) is 0 Å². The number of halogens is 2. The molecule has 0 heterocycles. The minimum atomic E-state index is -0.826. The Labute approximate surface area is 87.8 Å². The van der Waals surface area contributed by atoms with E-state index in [1.54, 1.807) is 0 Å². The lowest BCUT2D eigenvalue weighted by atomic mass is 10.0. The number of phenols is 1. The van der Waals surface area contributed by atoms with Gasteiger partial charge in [0.1, 0.15) is 11.6 Å². The van der Waals surface area contributed by atoms with Crippen molar-refractivity contribution in [1.29, 1.82) is 0 Å². The number of hydrogen-bond acceptors (Lipinski definition) is 3. The van der Waals surface area contributed by atoms with Crippen LogP contribution in [0.15, 0.2) is 18.2 Å². The third kappa shape index (κ3) is 2.83. The van der Waals surface area contributed by atoms with Crippen LogP contribution in [0.1, 0.15) is 18.5 Å². The standard InChI is InChI=1S/C9H12FNO2.ClH/c1-5(12)9(11)7-4-6(10)2-3-8(7)13;/h2-5,9,12-13H,11H2,1H3;1H/t5-,9-;/m1./s1. The smallest absolute Gasteiger partial charge is 0.123 e. The van der Waals surface area contributed by atoms with Gasteiger partial charge in [-0.1, -0.05) is 0 Å². The summed E-state index contributed by atoms with van der Waals surface area (Å²) in [6, 6.07) is 2.70. The van der Waals surface area contributed by atoms with Crippen LogP contribution < -0.4 is 5.73 Å². The van der Waals surface area contributed by atoms with Gasteiger partial charge in [-0.15, -0.1) is 12.4 Å². The van der Waals surface area contributed by atoms with Crippen molar-refractivity contribution in [3.05, 3.63) is 29.6 Å². The van der Waals surface area contributed by atoms with Crippen molar-refractivity contribution in [2.24, 2.45) is 5.73 Å². The van der Waals surface area contributed by atoms with Crippen LogP contribution >= 0.6 is 12.4 Å². The fraction of sp³-hybridized carbons (Fsp3) is 0.333. The molecule has 0 saturated heterocycles. The highest BCUT2D eigenvalue weighted by molar-refractivity contribution is 5.85. The third-order valence-electron chi connectivity index (χ3n) is 1.87. The third-order valence-corrected chi connectivity index (χ3v) is 1.87. The molecule has 0 fully saturated rings. The Bertz CT molecular complexity index is 307. The van der Waals surface area contributed by atoms with Crippen LogP contribution in [0.5, 0.6) is 5.75 Å². The second-order valence-corrected chi connectivity index (χ2v) is 2.97. The van der Waals surface area contributed by atoms with E-state index < -0.39 is 18.0 Å². The van der Waals surface area contributed by atoms with Crippen LogP contribution in [0.4, 0.5) is 4.39 Å². The molecule has 0 saturated carbocycles. The van der Waals surface area contributed by atoms with Crippen LogP contribution in [0.3, 0.4) is 0 Å². The summed E-state index contributed by atoms with van der Waals surface area (Å²) in [6.45, 7) is 1.48. The minimum absolute atomic E-state index is 0. The number of rotatable bonds is 2. The van der Waals surface area contributed by atoms with Crippen molar-refractivity contribution >= 4 is 12.4 Å². The van der Waals surface area contributed by atoms with Crippen molar-refractivity contribution < 1.29 is 14.6 Å². The molecule has 0 aliphatic rings. The van der Waals surface area contributed by atoms with Gasteiger partial charge in [-0.05, 0) is 25.1 Å². The van der Waals surface area contributed by atoms with Crippen molar-refractivity contribution in [3.8, 4) is 5.75 Å². The first kappa shape index (κ1) is 13.2. The summed E-state index contributed by atoms with van der Waals surface area (Å²) in [5.41, 5.74) is 5.75. The summed E-state index contributed by atoms with van der Waals surface area (Å²) >= 11 is 0. The monoisotopic (exact) mass is 221 g/mol. The predicted molar refractivity (Wildman–Crippen MR) is 53.9 cm³/mol. The number of phenolic OH excluding ortho intramolecular Hbond substituents is 1. The zero-order chi connectivity index (χ0) is 10.0. The molecule has 0 unspecified atom stereocenters. The molecule has 4 N–H and O–H groups in total. The molecule has 0 bridgehead atoms. The number of aliphatic hydroxyl groups is 1. The Morgan fingerprint density at radius 1 is 1.43 bits per heavy atom. The summed E-state index contributed by atoms with van der Waals surface area (Å²) in [6.07, 6.45) is -0.826. The molecule has 14 heavy (non-hydrogen) atoms. The molecule has 0 radical (unpaired) electrons. The molecule has 0 amide bonds. The maximum atomic E-state index is 12.7. The molecular weight excluding hydrogens is 209 g/mol. The average molecular weight is 222 g/mol. The maximum absolute atomic E-state index is 12.7. The van der Waals surface area contributed by atoms with Crippen LogP contribution in [0, 0.1) is 5.82 Å². The lowest BCUT2D eigenvalue weighted by Crippen LogP contribution is -2.23. The second kappa shape index (κ2) is 5.14. The van der Waals surface area contributed by atoms with E-state index >= 15 is 0 Å². The molecule has 1 rings (SSSR count). The molecule has 3 nitrogen and oxygen atoms in total. The zero-order valence-electron chi connectivity index (χ0n) is 7.64. The molecule has 80 valence electrons. The van der Waals surface area contributed by atoms with Crippen LogP contribution in [0.25, 0.3) is 0 Å². The van der Waals surface area contributed by atoms with Gasteiger partial charge in [-0.3, -0.25) is 0 Å². The molecule has 1 aromatic rings. The average Bonchev–Trinajstić information content (AvgIpc) is 2.08. The van der Waals surface area contributed by atoms with E-state index in [1.807, 2.05) is 0 Å². The first-order chi connectivity index (χ1) is 6.02. The summed E-state index contributed by atoms with van der Waals surface area (Å²) in [4.78, 5) is 0. The predicted octanol–water partition coefficient (Wildman–Crippen LogP) is 1.33. The van der Waals surface area contributed by atoms with Gasteiger partial charge in [0.2, 0.25) is 0 Å². The van der Waals surface area contributed by atoms with E-state index in [9.17, 15) is 9.50 Å². The Morgan fingerprint density at radius 3 is 2.50 bits per heavy atom. The van der Waals surface area contributed by atoms with Crippen LogP contribution in [-0.2, 0) is 0 Å². The lowest BCUT2D eigenvalue weighted by Gasteiger charge is -2.16. The molecular formula is C9H13ClFNO2. The normalized spacial score (nSPS) is 14.3. The fourth-order valence-electron chi connectivity index (χ4n) is 1.05. The first-order valence-corrected chi connectivity index (χ1v) is 3.94. The fourth-order valence-corrected chi connectivity index (χ4v) is 1.05. The van der Waals surface area contributed by atoms with Gasteiger partial charge in [0.05, 0.1) is 12.1 Å². The quantitative estimate of drug-likeness (QED) is 0.706. The van der Waals surface area contributed by atoms with Gasteiger partial charge in [0.25, 0.3) is 0 Å². The summed E-state index contributed by atoms with van der Waals surface area (Å²) in [5, 5.41) is 18.4. The first-order valence-electron chi connectivity index (χ1n) is 3.94. The Kier molecular flexibility index (Phi) is 4.83. The van der Waals surface area contributed by atoms with Crippen LogP contribution in [0.2, 0.25) is 0 Å². The Balaban J connectivity index is 0.00000169. The molecule has 0 aromatic heterocycles. The number of aromatic hydroxyl groups is 1. The second-order valence-electron chi connectivity index (χ2n) is 2.97. The van der Waals surface area contributed by atoms with Gasteiger partial charge in [-0.2, -0.15) is 0 Å². The van der Waals surface area contributed by atoms with Gasteiger partial charge in [0, 0.05) is 5.56 Å². The number of hydrogen-bond donors (Lipinski definition) is 3. The number of nitrogens with two attached hydrogens (primary N) is 1. The Hall–Kier alpha value is -0.840. The largest absolute Gasteiger partial charge is 0.508 e. The molecule has 0 spiro atoms. The highest BCUT2D eigenvalue weighted by Crippen LogP contribution is 2.25. The number of aliphatic hydroxyl groups excluding tert-OH is 1. The highest BCUT2D eigenvalue weighted by atomic mass is 35.5. The molecule has 1 aromatic carbocycles.